The monoisotopic (exact) mass is 455 g/mol. The van der Waals surface area contributed by atoms with Crippen LogP contribution in [-0.4, -0.2) is 31.4 Å². The maximum atomic E-state index is 12.4. The van der Waals surface area contributed by atoms with E-state index in [9.17, 15) is 4.79 Å². The molecule has 150 valence electrons. The summed E-state index contributed by atoms with van der Waals surface area (Å²) in [6.07, 6.45) is 1.70. The first-order valence-corrected chi connectivity index (χ1v) is 10.7. The minimum atomic E-state index is -0.174. The fourth-order valence-corrected chi connectivity index (χ4v) is 3.81. The van der Waals surface area contributed by atoms with Crippen molar-refractivity contribution in [1.82, 2.24) is 19.7 Å². The van der Waals surface area contributed by atoms with Gasteiger partial charge in [-0.2, -0.15) is 0 Å². The molecule has 0 radical (unpaired) electrons. The Morgan fingerprint density at radius 1 is 0.967 bits per heavy atom. The number of rotatable bonds is 6. The molecule has 0 fully saturated rings. The number of nitrogens with zero attached hydrogens (tertiary/aromatic N) is 4. The molecule has 9 heteroatoms. The van der Waals surface area contributed by atoms with Crippen LogP contribution in [0, 0.1) is 0 Å². The standard InChI is InChI=1S/C21H15Cl2N5OS/c22-14-7-9-17(10-8-14)28-20(18-6-1-2-11-24-18)26-27-21(28)30-13-19(29)25-16-5-3-4-15(23)12-16/h1-12H,13H2,(H,25,29). The van der Waals surface area contributed by atoms with Crippen molar-refractivity contribution in [2.45, 2.75) is 5.16 Å². The van der Waals surface area contributed by atoms with E-state index < -0.39 is 0 Å². The SMILES string of the molecule is O=C(CSc1nnc(-c2ccccn2)n1-c1ccc(Cl)cc1)Nc1cccc(Cl)c1. The van der Waals surface area contributed by atoms with Gasteiger partial charge in [0.1, 0.15) is 5.69 Å². The first-order valence-electron chi connectivity index (χ1n) is 8.91. The molecule has 0 bridgehead atoms. The van der Waals surface area contributed by atoms with Crippen molar-refractivity contribution < 1.29 is 4.79 Å². The third-order valence-electron chi connectivity index (χ3n) is 4.05. The highest BCUT2D eigenvalue weighted by molar-refractivity contribution is 7.99. The van der Waals surface area contributed by atoms with Crippen LogP contribution in [0.5, 0.6) is 0 Å². The molecule has 0 atom stereocenters. The van der Waals surface area contributed by atoms with Crippen LogP contribution in [0.4, 0.5) is 5.69 Å². The van der Waals surface area contributed by atoms with Crippen LogP contribution in [0.25, 0.3) is 17.2 Å². The Kier molecular flexibility index (Phi) is 6.32. The summed E-state index contributed by atoms with van der Waals surface area (Å²) in [6.45, 7) is 0. The number of hydrogen-bond donors (Lipinski definition) is 1. The van der Waals surface area contributed by atoms with Gasteiger partial charge in [-0.1, -0.05) is 47.1 Å². The van der Waals surface area contributed by atoms with Crippen LogP contribution in [0.3, 0.4) is 0 Å². The Labute approximate surface area is 187 Å². The lowest BCUT2D eigenvalue weighted by molar-refractivity contribution is -0.113. The quantitative estimate of drug-likeness (QED) is 0.395. The third kappa shape index (κ3) is 4.81. The number of halogens is 2. The largest absolute Gasteiger partial charge is 0.325 e. The summed E-state index contributed by atoms with van der Waals surface area (Å²) in [6, 6.07) is 19.9. The van der Waals surface area contributed by atoms with Crippen LogP contribution < -0.4 is 5.32 Å². The molecule has 2 heterocycles. The number of benzene rings is 2. The molecule has 2 aromatic carbocycles. The van der Waals surface area contributed by atoms with Crippen molar-refractivity contribution in [1.29, 1.82) is 0 Å². The summed E-state index contributed by atoms with van der Waals surface area (Å²) in [4.78, 5) is 16.8. The Bertz CT molecular complexity index is 1170. The first-order chi connectivity index (χ1) is 14.6. The summed E-state index contributed by atoms with van der Waals surface area (Å²) >= 11 is 13.3. The highest BCUT2D eigenvalue weighted by Gasteiger charge is 2.18. The maximum absolute atomic E-state index is 12.4. The molecule has 4 rings (SSSR count). The van der Waals surface area contributed by atoms with Gasteiger partial charge in [0.15, 0.2) is 11.0 Å². The van der Waals surface area contributed by atoms with Crippen molar-refractivity contribution in [3.8, 4) is 17.2 Å². The molecule has 1 amide bonds. The highest BCUT2D eigenvalue weighted by atomic mass is 35.5. The number of anilines is 1. The van der Waals surface area contributed by atoms with Crippen molar-refractivity contribution >= 4 is 46.6 Å². The Morgan fingerprint density at radius 3 is 2.53 bits per heavy atom. The zero-order valence-electron chi connectivity index (χ0n) is 15.5. The molecular formula is C21H15Cl2N5OS. The van der Waals surface area contributed by atoms with E-state index >= 15 is 0 Å². The van der Waals surface area contributed by atoms with E-state index in [4.69, 9.17) is 23.2 Å². The fourth-order valence-electron chi connectivity index (χ4n) is 2.74. The average Bonchev–Trinajstić information content (AvgIpc) is 3.17. The van der Waals surface area contributed by atoms with E-state index in [1.165, 1.54) is 11.8 Å². The van der Waals surface area contributed by atoms with E-state index in [2.05, 4.69) is 20.5 Å². The lowest BCUT2D eigenvalue weighted by Gasteiger charge is -2.10. The van der Waals surface area contributed by atoms with Gasteiger partial charge in [0.25, 0.3) is 0 Å². The predicted molar refractivity (Wildman–Crippen MR) is 120 cm³/mol. The normalized spacial score (nSPS) is 10.7. The molecule has 0 unspecified atom stereocenters. The smallest absolute Gasteiger partial charge is 0.234 e. The minimum Gasteiger partial charge on any atom is -0.325 e. The fraction of sp³-hybridized carbons (Fsp3) is 0.0476. The van der Waals surface area contributed by atoms with Gasteiger partial charge in [0, 0.05) is 27.6 Å². The predicted octanol–water partition coefficient (Wildman–Crippen LogP) is 5.37. The molecule has 0 saturated heterocycles. The summed E-state index contributed by atoms with van der Waals surface area (Å²) < 4.78 is 1.86. The van der Waals surface area contributed by atoms with Gasteiger partial charge in [0.05, 0.1) is 5.75 Å². The van der Waals surface area contributed by atoms with Crippen LogP contribution in [0.1, 0.15) is 0 Å². The lowest BCUT2D eigenvalue weighted by atomic mass is 10.3. The molecule has 1 N–H and O–H groups in total. The molecule has 6 nitrogen and oxygen atoms in total. The van der Waals surface area contributed by atoms with Gasteiger partial charge < -0.3 is 5.32 Å². The number of pyridine rings is 1. The van der Waals surface area contributed by atoms with Gasteiger partial charge in [-0.25, -0.2) is 0 Å². The second kappa shape index (κ2) is 9.30. The van der Waals surface area contributed by atoms with E-state index in [0.717, 1.165) is 5.69 Å². The second-order valence-corrected chi connectivity index (χ2v) is 8.00. The van der Waals surface area contributed by atoms with Gasteiger partial charge in [-0.15, -0.1) is 10.2 Å². The molecule has 0 spiro atoms. The summed E-state index contributed by atoms with van der Waals surface area (Å²) in [5, 5.41) is 13.2. The molecule has 2 aromatic heterocycles. The van der Waals surface area contributed by atoms with Crippen molar-refractivity contribution in [3.05, 3.63) is 83.0 Å². The Morgan fingerprint density at radius 2 is 1.80 bits per heavy atom. The zero-order valence-corrected chi connectivity index (χ0v) is 17.8. The molecule has 0 aliphatic heterocycles. The van der Waals surface area contributed by atoms with E-state index in [-0.39, 0.29) is 11.7 Å². The summed E-state index contributed by atoms with van der Waals surface area (Å²) in [5.74, 6) is 0.559. The van der Waals surface area contributed by atoms with Crippen molar-refractivity contribution in [3.63, 3.8) is 0 Å². The molecular weight excluding hydrogens is 441 g/mol. The van der Waals surface area contributed by atoms with E-state index in [0.29, 0.717) is 32.4 Å². The molecule has 4 aromatic rings. The van der Waals surface area contributed by atoms with Crippen LogP contribution in [0.2, 0.25) is 10.0 Å². The molecule has 0 aliphatic rings. The zero-order chi connectivity index (χ0) is 20.9. The first kappa shape index (κ1) is 20.4. The summed E-state index contributed by atoms with van der Waals surface area (Å²) in [5.41, 5.74) is 2.14. The van der Waals surface area contributed by atoms with Crippen LogP contribution in [0.15, 0.2) is 78.1 Å². The Hall–Kier alpha value is -2.87. The van der Waals surface area contributed by atoms with Gasteiger partial charge >= 0.3 is 0 Å². The van der Waals surface area contributed by atoms with Gasteiger partial charge in [-0.3, -0.25) is 14.3 Å². The average molecular weight is 456 g/mol. The number of nitrogens with one attached hydrogen (secondary N) is 1. The third-order valence-corrected chi connectivity index (χ3v) is 5.47. The van der Waals surface area contributed by atoms with E-state index in [1.54, 1.807) is 42.6 Å². The lowest BCUT2D eigenvalue weighted by Crippen LogP contribution is -2.14. The van der Waals surface area contributed by atoms with Crippen LogP contribution >= 0.6 is 35.0 Å². The summed E-state index contributed by atoms with van der Waals surface area (Å²) in [7, 11) is 0. The van der Waals surface area contributed by atoms with Gasteiger partial charge in [-0.05, 0) is 54.6 Å². The molecule has 30 heavy (non-hydrogen) atoms. The highest BCUT2D eigenvalue weighted by Crippen LogP contribution is 2.28. The second-order valence-electron chi connectivity index (χ2n) is 6.18. The van der Waals surface area contributed by atoms with Gasteiger partial charge in [0.2, 0.25) is 5.91 Å². The molecule has 0 saturated carbocycles. The minimum absolute atomic E-state index is 0.153. The number of amides is 1. The topological polar surface area (TPSA) is 72.7 Å². The molecule has 0 aliphatic carbocycles. The van der Waals surface area contributed by atoms with Crippen molar-refractivity contribution in [2.24, 2.45) is 0 Å². The number of carbonyl (C=O) groups is 1. The maximum Gasteiger partial charge on any atom is 0.234 e. The Balaban J connectivity index is 1.59. The number of hydrogen-bond acceptors (Lipinski definition) is 5. The van der Waals surface area contributed by atoms with Crippen molar-refractivity contribution in [2.75, 3.05) is 11.1 Å². The number of thioether (sulfide) groups is 1. The number of aromatic nitrogens is 4. The van der Waals surface area contributed by atoms with E-state index in [1.807, 2.05) is 34.9 Å². The van der Waals surface area contributed by atoms with Crippen LogP contribution in [-0.2, 0) is 4.79 Å². The number of carbonyl (C=O) groups excluding carboxylic acids is 1.